The van der Waals surface area contributed by atoms with E-state index in [-0.39, 0.29) is 5.91 Å². The van der Waals surface area contributed by atoms with Crippen LogP contribution in [-0.4, -0.2) is 40.0 Å². The molecule has 1 aliphatic heterocycles. The zero-order chi connectivity index (χ0) is 15.6. The number of thioether (sulfide) groups is 1. The summed E-state index contributed by atoms with van der Waals surface area (Å²) in [6, 6.07) is 2.10. The molecule has 0 N–H and O–H groups in total. The van der Waals surface area contributed by atoms with Crippen molar-refractivity contribution in [2.75, 3.05) is 20.3 Å². The number of carbonyl (C=O) groups excluding carboxylic acids is 1. The first kappa shape index (κ1) is 16.3. The lowest BCUT2D eigenvalue weighted by atomic mass is 10.2. The second-order valence-electron chi connectivity index (χ2n) is 4.90. The fourth-order valence-electron chi connectivity index (χ4n) is 2.41. The molecule has 1 aliphatic rings. The third-order valence-electron chi connectivity index (χ3n) is 3.61. The summed E-state index contributed by atoms with van der Waals surface area (Å²) in [5, 5.41) is 0. The number of aryl methyl sites for hydroxylation is 1. The Labute approximate surface area is 135 Å². The molecular formula is C15H20N2O2S2. The molecule has 1 saturated heterocycles. The topological polar surface area (TPSA) is 34.5 Å². The van der Waals surface area contributed by atoms with Crippen molar-refractivity contribution in [3.05, 3.63) is 27.9 Å². The molecule has 2 rings (SSSR count). The van der Waals surface area contributed by atoms with Crippen LogP contribution in [0.25, 0.3) is 6.08 Å². The fraction of sp³-hybridized carbons (Fsp3) is 0.467. The van der Waals surface area contributed by atoms with E-state index in [0.717, 1.165) is 17.8 Å². The van der Waals surface area contributed by atoms with Gasteiger partial charge in [-0.2, -0.15) is 0 Å². The van der Waals surface area contributed by atoms with Gasteiger partial charge in [0.25, 0.3) is 5.91 Å². The predicted molar refractivity (Wildman–Crippen MR) is 91.3 cm³/mol. The highest BCUT2D eigenvalue weighted by Gasteiger charge is 2.30. The van der Waals surface area contributed by atoms with Gasteiger partial charge >= 0.3 is 0 Å². The first-order valence-corrected chi connectivity index (χ1v) is 8.13. The van der Waals surface area contributed by atoms with Crippen molar-refractivity contribution in [3.63, 3.8) is 0 Å². The maximum absolute atomic E-state index is 12.2. The molecule has 0 aliphatic carbocycles. The molecule has 0 bridgehead atoms. The van der Waals surface area contributed by atoms with Gasteiger partial charge in [-0.05, 0) is 38.5 Å². The molecule has 114 valence electrons. The summed E-state index contributed by atoms with van der Waals surface area (Å²) in [5.74, 6) is 0.00851. The van der Waals surface area contributed by atoms with Gasteiger partial charge in [-0.1, -0.05) is 24.0 Å². The second kappa shape index (κ2) is 6.77. The predicted octanol–water partition coefficient (Wildman–Crippen LogP) is 2.97. The van der Waals surface area contributed by atoms with Gasteiger partial charge in [0.05, 0.1) is 11.5 Å². The first-order valence-electron chi connectivity index (χ1n) is 6.90. The number of methoxy groups -OCH3 is 1. The van der Waals surface area contributed by atoms with E-state index in [9.17, 15) is 4.79 Å². The Hall–Kier alpha value is -1.11. The molecule has 0 unspecified atom stereocenters. The number of ether oxygens (including phenoxy) is 1. The van der Waals surface area contributed by atoms with Crippen molar-refractivity contribution >= 4 is 40.3 Å². The Morgan fingerprint density at radius 1 is 1.43 bits per heavy atom. The maximum atomic E-state index is 12.2. The van der Waals surface area contributed by atoms with E-state index in [1.165, 1.54) is 17.5 Å². The molecule has 0 spiro atoms. The second-order valence-corrected chi connectivity index (χ2v) is 6.57. The number of thiocarbonyl (C=S) groups is 1. The average molecular weight is 324 g/mol. The molecule has 0 atom stereocenters. The maximum Gasteiger partial charge on any atom is 0.266 e. The van der Waals surface area contributed by atoms with E-state index in [0.29, 0.717) is 22.4 Å². The van der Waals surface area contributed by atoms with E-state index in [1.807, 2.05) is 13.0 Å². The Bertz CT molecular complexity index is 605. The number of likely N-dealkylation sites (N-methyl/N-ethyl adjacent to an activating group) is 1. The molecule has 0 aromatic carbocycles. The lowest BCUT2D eigenvalue weighted by Crippen LogP contribution is -2.27. The smallest absolute Gasteiger partial charge is 0.266 e. The standard InChI is InChI=1S/C15H20N2O2S2/c1-5-16-14(18)13(21-15(16)20)9-12-8-10(2)17(11(12)3)6-7-19-4/h8-9H,5-7H2,1-4H3/b13-9-. The molecule has 2 heterocycles. The van der Waals surface area contributed by atoms with E-state index < -0.39 is 0 Å². The van der Waals surface area contributed by atoms with Crippen LogP contribution in [0.3, 0.4) is 0 Å². The van der Waals surface area contributed by atoms with Crippen molar-refractivity contribution in [1.82, 2.24) is 9.47 Å². The van der Waals surface area contributed by atoms with Crippen molar-refractivity contribution < 1.29 is 9.53 Å². The summed E-state index contributed by atoms with van der Waals surface area (Å²) in [6.07, 6.45) is 1.95. The number of nitrogens with zero attached hydrogens (tertiary/aromatic N) is 2. The largest absolute Gasteiger partial charge is 0.383 e. The van der Waals surface area contributed by atoms with Crippen molar-refractivity contribution in [1.29, 1.82) is 0 Å². The lowest BCUT2D eigenvalue weighted by Gasteiger charge is -2.09. The minimum Gasteiger partial charge on any atom is -0.383 e. The molecule has 1 aromatic rings. The van der Waals surface area contributed by atoms with E-state index in [4.69, 9.17) is 17.0 Å². The van der Waals surface area contributed by atoms with Crippen LogP contribution >= 0.6 is 24.0 Å². The van der Waals surface area contributed by atoms with Crippen molar-refractivity contribution in [3.8, 4) is 0 Å². The average Bonchev–Trinajstić information content (AvgIpc) is 2.86. The van der Waals surface area contributed by atoms with Crippen molar-refractivity contribution in [2.24, 2.45) is 0 Å². The SMILES string of the molecule is CCN1C(=O)/C(=C/c2cc(C)n(CCOC)c2C)SC1=S. The number of aromatic nitrogens is 1. The van der Waals surface area contributed by atoms with Crippen LogP contribution in [0.2, 0.25) is 0 Å². The Morgan fingerprint density at radius 3 is 2.71 bits per heavy atom. The van der Waals surface area contributed by atoms with Gasteiger partial charge in [0.15, 0.2) is 0 Å². The summed E-state index contributed by atoms with van der Waals surface area (Å²) in [5.41, 5.74) is 3.38. The third kappa shape index (κ3) is 3.22. The lowest BCUT2D eigenvalue weighted by molar-refractivity contribution is -0.121. The third-order valence-corrected chi connectivity index (χ3v) is 4.99. The minimum absolute atomic E-state index is 0.00851. The first-order chi connectivity index (χ1) is 9.99. The number of rotatable bonds is 5. The molecule has 21 heavy (non-hydrogen) atoms. The van der Waals surface area contributed by atoms with Gasteiger partial charge in [-0.25, -0.2) is 0 Å². The van der Waals surface area contributed by atoms with E-state index in [1.54, 1.807) is 12.0 Å². The van der Waals surface area contributed by atoms with Crippen LogP contribution in [0.15, 0.2) is 11.0 Å². The molecule has 0 radical (unpaired) electrons. The van der Waals surface area contributed by atoms with Crippen molar-refractivity contribution in [2.45, 2.75) is 27.3 Å². The van der Waals surface area contributed by atoms with Crippen LogP contribution in [0.1, 0.15) is 23.9 Å². The Balaban J connectivity index is 2.30. The van der Waals surface area contributed by atoms with Gasteiger partial charge in [0, 0.05) is 31.6 Å². The summed E-state index contributed by atoms with van der Waals surface area (Å²) < 4.78 is 7.98. The summed E-state index contributed by atoms with van der Waals surface area (Å²) in [4.78, 5) is 14.6. The van der Waals surface area contributed by atoms with Crippen LogP contribution in [0, 0.1) is 13.8 Å². The normalized spacial score (nSPS) is 17.3. The number of carbonyl (C=O) groups is 1. The number of hydrogen-bond acceptors (Lipinski definition) is 4. The molecule has 1 amide bonds. The van der Waals surface area contributed by atoms with Crippen LogP contribution in [-0.2, 0) is 16.1 Å². The number of amides is 1. The van der Waals surface area contributed by atoms with Gasteiger partial charge in [-0.3, -0.25) is 9.69 Å². The summed E-state index contributed by atoms with van der Waals surface area (Å²) in [6.45, 7) is 8.18. The molecular weight excluding hydrogens is 304 g/mol. The molecule has 0 saturated carbocycles. The van der Waals surface area contributed by atoms with Crippen LogP contribution in [0.5, 0.6) is 0 Å². The number of hydrogen-bond donors (Lipinski definition) is 0. The highest BCUT2D eigenvalue weighted by Crippen LogP contribution is 2.33. The Morgan fingerprint density at radius 2 is 2.14 bits per heavy atom. The minimum atomic E-state index is 0.00851. The Kier molecular flexibility index (Phi) is 5.24. The summed E-state index contributed by atoms with van der Waals surface area (Å²) in [7, 11) is 1.70. The monoisotopic (exact) mass is 324 g/mol. The zero-order valence-corrected chi connectivity index (χ0v) is 14.4. The summed E-state index contributed by atoms with van der Waals surface area (Å²) >= 11 is 6.61. The molecule has 1 aromatic heterocycles. The van der Waals surface area contributed by atoms with E-state index in [2.05, 4.69) is 24.5 Å². The quantitative estimate of drug-likeness (QED) is 0.616. The molecule has 6 heteroatoms. The zero-order valence-electron chi connectivity index (χ0n) is 12.8. The highest BCUT2D eigenvalue weighted by molar-refractivity contribution is 8.26. The molecule has 1 fully saturated rings. The van der Waals surface area contributed by atoms with Gasteiger partial charge in [0.2, 0.25) is 0 Å². The van der Waals surface area contributed by atoms with Crippen LogP contribution in [0.4, 0.5) is 0 Å². The molecule has 4 nitrogen and oxygen atoms in total. The highest BCUT2D eigenvalue weighted by atomic mass is 32.2. The van der Waals surface area contributed by atoms with Crippen LogP contribution < -0.4 is 0 Å². The van der Waals surface area contributed by atoms with Gasteiger partial charge in [-0.15, -0.1) is 0 Å². The fourth-order valence-corrected chi connectivity index (χ4v) is 3.79. The van der Waals surface area contributed by atoms with Gasteiger partial charge < -0.3 is 9.30 Å². The van der Waals surface area contributed by atoms with E-state index >= 15 is 0 Å². The van der Waals surface area contributed by atoms with Gasteiger partial charge in [0.1, 0.15) is 4.32 Å².